The van der Waals surface area contributed by atoms with Crippen LogP contribution in [0.4, 0.5) is 0 Å². The molecule has 49 heavy (non-hydrogen) atoms. The molecule has 0 N–H and O–H groups in total. The monoisotopic (exact) mass is 722 g/mol. The molecule has 0 saturated heterocycles. The zero-order valence-corrected chi connectivity index (χ0v) is 30.2. The van der Waals surface area contributed by atoms with Crippen molar-refractivity contribution in [2.24, 2.45) is 0 Å². The van der Waals surface area contributed by atoms with Crippen LogP contribution < -0.4 is 41.6 Å². The summed E-state index contributed by atoms with van der Waals surface area (Å²) in [6, 6.07) is 32.7. The summed E-state index contributed by atoms with van der Waals surface area (Å²) in [5, 5.41) is 0. The maximum atomic E-state index is 6.56. The van der Waals surface area contributed by atoms with E-state index in [-0.39, 0.29) is 6.61 Å². The highest BCUT2D eigenvalue weighted by atomic mass is 32.1. The Labute approximate surface area is 294 Å². The van der Waals surface area contributed by atoms with Crippen LogP contribution in [0.3, 0.4) is 0 Å². The molecule has 0 bridgehead atoms. The van der Waals surface area contributed by atoms with Crippen LogP contribution in [0.2, 0.25) is 0 Å². The lowest BCUT2D eigenvalue weighted by Crippen LogP contribution is -2.07. The van der Waals surface area contributed by atoms with Gasteiger partial charge in [0.15, 0.2) is 46.0 Å². The van der Waals surface area contributed by atoms with Crippen molar-refractivity contribution in [1.29, 1.82) is 0 Å². The van der Waals surface area contributed by atoms with Gasteiger partial charge >= 0.3 is 17.2 Å². The number of rotatable bonds is 17. The van der Waals surface area contributed by atoms with Crippen LogP contribution >= 0.6 is 29.8 Å². The first kappa shape index (κ1) is 35.8. The fourth-order valence-corrected chi connectivity index (χ4v) is 6.99. The molecule has 0 spiro atoms. The van der Waals surface area contributed by atoms with Gasteiger partial charge in [-0.15, -0.1) is 12.6 Å². The van der Waals surface area contributed by atoms with Crippen molar-refractivity contribution in [3.8, 4) is 51.7 Å². The standard InChI is InChI=1S/C36H36O10P2S/c1-25-22-27(49)23-26(24-41-47(42-32-18-10-6-14-28(32)37-2)43-33-19-11-7-15-29(33)38-3)36(25)46-48(44-34-20-12-8-16-30(34)39-4)45-35-21-13-9-17-31(35)40-5/h6-23,49H,24H2,1-5H3. The minimum absolute atomic E-state index is 0.00701. The van der Waals surface area contributed by atoms with E-state index >= 15 is 0 Å². The van der Waals surface area contributed by atoms with Crippen LogP contribution in [-0.2, 0) is 11.1 Å². The highest BCUT2D eigenvalue weighted by molar-refractivity contribution is 7.80. The molecule has 0 fully saturated rings. The van der Waals surface area contributed by atoms with E-state index in [1.54, 1.807) is 77.0 Å². The molecule has 0 unspecified atom stereocenters. The Morgan fingerprint density at radius 3 is 1.18 bits per heavy atom. The molecule has 0 amide bonds. The average Bonchev–Trinajstić information content (AvgIpc) is 3.12. The third kappa shape index (κ3) is 9.55. The van der Waals surface area contributed by atoms with Crippen LogP contribution in [0, 0.1) is 6.92 Å². The number of ether oxygens (including phenoxy) is 4. The summed E-state index contributed by atoms with van der Waals surface area (Å²) in [5.41, 5.74) is 1.41. The first-order valence-electron chi connectivity index (χ1n) is 14.9. The van der Waals surface area contributed by atoms with Gasteiger partial charge in [0.1, 0.15) is 5.75 Å². The van der Waals surface area contributed by atoms with Crippen LogP contribution in [0.15, 0.2) is 114 Å². The van der Waals surface area contributed by atoms with E-state index < -0.39 is 17.2 Å². The smallest absolute Gasteiger partial charge is 0.493 e. The molecule has 5 aromatic carbocycles. The van der Waals surface area contributed by atoms with E-state index in [0.29, 0.717) is 62.2 Å². The van der Waals surface area contributed by atoms with Crippen LogP contribution in [0.1, 0.15) is 11.1 Å². The Balaban J connectivity index is 1.46. The Morgan fingerprint density at radius 1 is 0.469 bits per heavy atom. The Bertz CT molecular complexity index is 1730. The lowest BCUT2D eigenvalue weighted by molar-refractivity contribution is 0.247. The largest absolute Gasteiger partial charge is 0.530 e. The Morgan fingerprint density at radius 2 is 0.816 bits per heavy atom. The Kier molecular flexibility index (Phi) is 13.0. The second-order valence-electron chi connectivity index (χ2n) is 10.0. The predicted molar refractivity (Wildman–Crippen MR) is 192 cm³/mol. The van der Waals surface area contributed by atoms with E-state index in [1.807, 2.05) is 67.6 Å². The normalized spacial score (nSPS) is 10.8. The van der Waals surface area contributed by atoms with Gasteiger partial charge in [0.25, 0.3) is 0 Å². The number of hydrogen-bond acceptors (Lipinski definition) is 11. The Hall–Kier alpha value is -4.53. The van der Waals surface area contributed by atoms with Gasteiger partial charge in [-0.1, -0.05) is 48.5 Å². The van der Waals surface area contributed by atoms with Gasteiger partial charge in [0.2, 0.25) is 0 Å². The zero-order chi connectivity index (χ0) is 34.6. The molecule has 0 aliphatic rings. The number of para-hydroxylation sites is 8. The molecule has 0 atom stereocenters. The molecule has 0 saturated carbocycles. The second-order valence-corrected chi connectivity index (χ2v) is 12.6. The third-order valence-corrected chi connectivity index (χ3v) is 9.11. The second kappa shape index (κ2) is 17.7. The molecule has 0 radical (unpaired) electrons. The zero-order valence-electron chi connectivity index (χ0n) is 27.5. The summed E-state index contributed by atoms with van der Waals surface area (Å²) in [6.45, 7) is 1.91. The van der Waals surface area contributed by atoms with Crippen molar-refractivity contribution >= 4 is 29.8 Å². The van der Waals surface area contributed by atoms with Gasteiger partial charge in [-0.2, -0.15) is 0 Å². The molecule has 0 aromatic heterocycles. The lowest BCUT2D eigenvalue weighted by Gasteiger charge is -2.23. The number of aryl methyl sites for hydroxylation is 1. The van der Waals surface area contributed by atoms with E-state index in [9.17, 15) is 0 Å². The van der Waals surface area contributed by atoms with Crippen molar-refractivity contribution in [2.75, 3.05) is 28.4 Å². The minimum atomic E-state index is -2.12. The van der Waals surface area contributed by atoms with E-state index in [1.165, 1.54) is 0 Å². The molecule has 0 heterocycles. The quantitative estimate of drug-likeness (QED) is 0.0739. The van der Waals surface area contributed by atoms with E-state index in [2.05, 4.69) is 12.6 Å². The van der Waals surface area contributed by atoms with Gasteiger partial charge in [0, 0.05) is 10.5 Å². The third-order valence-electron chi connectivity index (χ3n) is 6.80. The molecule has 0 aliphatic heterocycles. The van der Waals surface area contributed by atoms with E-state index in [0.717, 1.165) is 5.56 Å². The molecular formula is C36H36O10P2S. The summed E-state index contributed by atoms with van der Waals surface area (Å²) in [6.07, 6.45) is 0. The average molecular weight is 723 g/mol. The fraction of sp³-hybridized carbons (Fsp3) is 0.167. The van der Waals surface area contributed by atoms with Gasteiger partial charge < -0.3 is 41.6 Å². The number of hydrogen-bond donors (Lipinski definition) is 1. The maximum absolute atomic E-state index is 6.56. The molecule has 0 aliphatic carbocycles. The summed E-state index contributed by atoms with van der Waals surface area (Å²) in [5.74, 6) is 4.30. The van der Waals surface area contributed by atoms with Crippen molar-refractivity contribution in [3.63, 3.8) is 0 Å². The van der Waals surface area contributed by atoms with E-state index in [4.69, 9.17) is 46.1 Å². The topological polar surface area (TPSA) is 92.3 Å². The molecule has 5 aromatic rings. The number of benzene rings is 5. The first-order valence-corrected chi connectivity index (χ1v) is 17.5. The van der Waals surface area contributed by atoms with Crippen molar-refractivity contribution in [1.82, 2.24) is 0 Å². The van der Waals surface area contributed by atoms with Crippen LogP contribution in [-0.4, -0.2) is 28.4 Å². The highest BCUT2D eigenvalue weighted by Crippen LogP contribution is 2.50. The highest BCUT2D eigenvalue weighted by Gasteiger charge is 2.28. The summed E-state index contributed by atoms with van der Waals surface area (Å²) >= 11 is 4.64. The lowest BCUT2D eigenvalue weighted by atomic mass is 10.1. The summed E-state index contributed by atoms with van der Waals surface area (Å²) in [7, 11) is 2.08. The van der Waals surface area contributed by atoms with Gasteiger partial charge in [-0.25, -0.2) is 0 Å². The SMILES string of the molecule is COc1ccccc1OP(OCc1cc(S)cc(C)c1OP(Oc1ccccc1OC)Oc1ccccc1OC)Oc1ccccc1OC. The molecule has 5 rings (SSSR count). The number of methoxy groups -OCH3 is 4. The molecule has 256 valence electrons. The van der Waals surface area contributed by atoms with Crippen LogP contribution in [0.5, 0.6) is 51.7 Å². The van der Waals surface area contributed by atoms with Crippen molar-refractivity contribution < 1.29 is 46.1 Å². The summed E-state index contributed by atoms with van der Waals surface area (Å²) < 4.78 is 60.2. The first-order chi connectivity index (χ1) is 23.9. The fourth-order valence-electron chi connectivity index (χ4n) is 4.49. The van der Waals surface area contributed by atoms with Crippen molar-refractivity contribution in [3.05, 3.63) is 120 Å². The molecule has 13 heteroatoms. The minimum Gasteiger partial charge on any atom is -0.493 e. The summed E-state index contributed by atoms with van der Waals surface area (Å²) in [4.78, 5) is 0.699. The molecule has 10 nitrogen and oxygen atoms in total. The van der Waals surface area contributed by atoms with Crippen LogP contribution in [0.25, 0.3) is 0 Å². The van der Waals surface area contributed by atoms with Gasteiger partial charge in [-0.05, 0) is 73.2 Å². The predicted octanol–water partition coefficient (Wildman–Crippen LogP) is 9.98. The van der Waals surface area contributed by atoms with Gasteiger partial charge in [0.05, 0.1) is 35.0 Å². The molecular weight excluding hydrogens is 686 g/mol. The maximum Gasteiger partial charge on any atom is 0.530 e. The van der Waals surface area contributed by atoms with Gasteiger partial charge in [-0.3, -0.25) is 4.52 Å². The van der Waals surface area contributed by atoms with Crippen molar-refractivity contribution in [2.45, 2.75) is 18.4 Å². The number of thiol groups is 1.